The first-order valence-corrected chi connectivity index (χ1v) is 5.59. The van der Waals surface area contributed by atoms with E-state index in [1.165, 1.54) is 0 Å². The number of amides is 1. The molecule has 0 spiro atoms. The van der Waals surface area contributed by atoms with E-state index in [-0.39, 0.29) is 5.91 Å². The molecule has 0 aliphatic carbocycles. The van der Waals surface area contributed by atoms with Gasteiger partial charge in [0.2, 0.25) is 5.91 Å². The molecule has 5 nitrogen and oxygen atoms in total. The summed E-state index contributed by atoms with van der Waals surface area (Å²) >= 11 is 0. The zero-order valence-corrected chi connectivity index (χ0v) is 10.2. The third-order valence-electron chi connectivity index (χ3n) is 2.61. The van der Waals surface area contributed by atoms with Gasteiger partial charge in [0.25, 0.3) is 0 Å². The number of carbonyl (C=O) groups is 1. The largest absolute Gasteiger partial charge is 0.326 e. The molecule has 0 aromatic carbocycles. The highest BCUT2D eigenvalue weighted by molar-refractivity contribution is 5.90. The molecule has 0 saturated carbocycles. The van der Waals surface area contributed by atoms with Gasteiger partial charge in [0.1, 0.15) is 0 Å². The lowest BCUT2D eigenvalue weighted by molar-refractivity contribution is -0.117. The molecule has 0 bridgehead atoms. The highest BCUT2D eigenvalue weighted by Gasteiger charge is 2.12. The highest BCUT2D eigenvalue weighted by Crippen LogP contribution is 2.13. The second kappa shape index (κ2) is 5.65. The number of aromatic nitrogens is 2. The standard InChI is InChI=1S/C11H20N4O/c1-4-8(2)5-10(16)13-11-9(6-12)7-15(3)14-11/h7-8H,4-6,12H2,1-3H3,(H,13,14,16). The summed E-state index contributed by atoms with van der Waals surface area (Å²) in [6.45, 7) is 4.51. The Balaban J connectivity index is 2.61. The van der Waals surface area contributed by atoms with E-state index in [4.69, 9.17) is 5.73 Å². The number of hydrogen-bond acceptors (Lipinski definition) is 3. The Labute approximate surface area is 96.0 Å². The zero-order chi connectivity index (χ0) is 12.1. The molecular weight excluding hydrogens is 204 g/mol. The summed E-state index contributed by atoms with van der Waals surface area (Å²) < 4.78 is 1.65. The van der Waals surface area contributed by atoms with Gasteiger partial charge in [-0.25, -0.2) is 0 Å². The fourth-order valence-electron chi connectivity index (χ4n) is 1.44. The van der Waals surface area contributed by atoms with Crippen molar-refractivity contribution >= 4 is 11.7 Å². The Hall–Kier alpha value is -1.36. The minimum atomic E-state index is 0.00255. The number of rotatable bonds is 5. The third kappa shape index (κ3) is 3.34. The van der Waals surface area contributed by atoms with Crippen LogP contribution in [0.25, 0.3) is 0 Å². The number of hydrogen-bond donors (Lipinski definition) is 2. The summed E-state index contributed by atoms with van der Waals surface area (Å²) in [6, 6.07) is 0. The fourth-order valence-corrected chi connectivity index (χ4v) is 1.44. The summed E-state index contributed by atoms with van der Waals surface area (Å²) in [7, 11) is 1.81. The first-order chi connectivity index (χ1) is 7.56. The van der Waals surface area contributed by atoms with Crippen LogP contribution < -0.4 is 11.1 Å². The van der Waals surface area contributed by atoms with Gasteiger partial charge in [-0.3, -0.25) is 9.48 Å². The molecule has 1 unspecified atom stereocenters. The SMILES string of the molecule is CCC(C)CC(=O)Nc1nn(C)cc1CN. The van der Waals surface area contributed by atoms with Crippen molar-refractivity contribution in [3.05, 3.63) is 11.8 Å². The molecule has 3 N–H and O–H groups in total. The van der Waals surface area contributed by atoms with Gasteiger partial charge >= 0.3 is 0 Å². The molecule has 0 aliphatic heterocycles. The van der Waals surface area contributed by atoms with Gasteiger partial charge in [0.05, 0.1) is 0 Å². The van der Waals surface area contributed by atoms with Crippen molar-refractivity contribution in [2.75, 3.05) is 5.32 Å². The van der Waals surface area contributed by atoms with E-state index in [0.29, 0.717) is 24.7 Å². The lowest BCUT2D eigenvalue weighted by Gasteiger charge is -2.08. The summed E-state index contributed by atoms with van der Waals surface area (Å²) in [5, 5.41) is 6.96. The number of aryl methyl sites for hydroxylation is 1. The van der Waals surface area contributed by atoms with Crippen LogP contribution in [0.3, 0.4) is 0 Å². The first kappa shape index (κ1) is 12.7. The second-order valence-corrected chi connectivity index (χ2v) is 4.15. The van der Waals surface area contributed by atoms with Gasteiger partial charge in [-0.1, -0.05) is 20.3 Å². The minimum absolute atomic E-state index is 0.00255. The van der Waals surface area contributed by atoms with Crippen LogP contribution in [-0.2, 0) is 18.4 Å². The van der Waals surface area contributed by atoms with Crippen LogP contribution in [0.15, 0.2) is 6.20 Å². The average molecular weight is 224 g/mol. The van der Waals surface area contributed by atoms with Crippen molar-refractivity contribution in [1.82, 2.24) is 9.78 Å². The van der Waals surface area contributed by atoms with E-state index < -0.39 is 0 Å². The summed E-state index contributed by atoms with van der Waals surface area (Å²) in [5.74, 6) is 0.978. The second-order valence-electron chi connectivity index (χ2n) is 4.15. The van der Waals surface area contributed by atoms with Crippen LogP contribution in [0.1, 0.15) is 32.3 Å². The maximum atomic E-state index is 11.7. The van der Waals surface area contributed by atoms with Crippen molar-refractivity contribution in [1.29, 1.82) is 0 Å². The molecule has 5 heteroatoms. The smallest absolute Gasteiger partial charge is 0.225 e. The van der Waals surface area contributed by atoms with Gasteiger partial charge < -0.3 is 11.1 Å². The van der Waals surface area contributed by atoms with E-state index in [9.17, 15) is 4.79 Å². The van der Waals surface area contributed by atoms with Crippen molar-refractivity contribution in [2.45, 2.75) is 33.2 Å². The topological polar surface area (TPSA) is 72.9 Å². The predicted molar refractivity (Wildman–Crippen MR) is 63.8 cm³/mol. The Bertz CT molecular complexity index is 359. The summed E-state index contributed by atoms with van der Waals surface area (Å²) in [6.07, 6.45) is 3.34. The first-order valence-electron chi connectivity index (χ1n) is 5.59. The number of carbonyl (C=O) groups excluding carboxylic acids is 1. The van der Waals surface area contributed by atoms with Crippen LogP contribution in [0.2, 0.25) is 0 Å². The molecule has 1 aromatic heterocycles. The van der Waals surface area contributed by atoms with Gasteiger partial charge in [-0.15, -0.1) is 0 Å². The fraction of sp³-hybridized carbons (Fsp3) is 0.636. The molecule has 0 aliphatic rings. The average Bonchev–Trinajstić information content (AvgIpc) is 2.58. The minimum Gasteiger partial charge on any atom is -0.326 e. The summed E-state index contributed by atoms with van der Waals surface area (Å²) in [5.41, 5.74) is 6.42. The molecule has 1 amide bonds. The quantitative estimate of drug-likeness (QED) is 0.790. The Morgan fingerprint density at radius 1 is 1.69 bits per heavy atom. The Kier molecular flexibility index (Phi) is 4.49. The number of nitrogens with zero attached hydrogens (tertiary/aromatic N) is 2. The van der Waals surface area contributed by atoms with Crippen LogP contribution in [-0.4, -0.2) is 15.7 Å². The maximum Gasteiger partial charge on any atom is 0.225 e. The van der Waals surface area contributed by atoms with Gasteiger partial charge in [0.15, 0.2) is 5.82 Å². The lowest BCUT2D eigenvalue weighted by atomic mass is 10.1. The number of anilines is 1. The molecule has 16 heavy (non-hydrogen) atoms. The van der Waals surface area contributed by atoms with E-state index in [2.05, 4.69) is 24.3 Å². The summed E-state index contributed by atoms with van der Waals surface area (Å²) in [4.78, 5) is 11.7. The Morgan fingerprint density at radius 3 is 2.94 bits per heavy atom. The predicted octanol–water partition coefficient (Wildman–Crippen LogP) is 1.25. The lowest BCUT2D eigenvalue weighted by Crippen LogP contribution is -2.16. The van der Waals surface area contributed by atoms with E-state index >= 15 is 0 Å². The Morgan fingerprint density at radius 2 is 2.38 bits per heavy atom. The van der Waals surface area contributed by atoms with E-state index in [1.807, 2.05) is 13.2 Å². The molecule has 90 valence electrons. The van der Waals surface area contributed by atoms with Crippen molar-refractivity contribution < 1.29 is 4.79 Å². The zero-order valence-electron chi connectivity index (χ0n) is 10.2. The van der Waals surface area contributed by atoms with Crippen LogP contribution >= 0.6 is 0 Å². The molecule has 1 heterocycles. The van der Waals surface area contributed by atoms with Crippen molar-refractivity contribution in [2.24, 2.45) is 18.7 Å². The normalized spacial score (nSPS) is 12.5. The molecule has 1 atom stereocenters. The van der Waals surface area contributed by atoms with Gasteiger partial charge in [-0.05, 0) is 5.92 Å². The van der Waals surface area contributed by atoms with Crippen molar-refractivity contribution in [3.8, 4) is 0 Å². The molecule has 0 radical (unpaired) electrons. The highest BCUT2D eigenvalue weighted by atomic mass is 16.1. The van der Waals surface area contributed by atoms with Gasteiger partial charge in [0, 0.05) is 31.8 Å². The van der Waals surface area contributed by atoms with Gasteiger partial charge in [-0.2, -0.15) is 5.10 Å². The van der Waals surface area contributed by atoms with Crippen LogP contribution in [0, 0.1) is 5.92 Å². The monoisotopic (exact) mass is 224 g/mol. The van der Waals surface area contributed by atoms with E-state index in [1.54, 1.807) is 4.68 Å². The number of nitrogens with two attached hydrogens (primary N) is 1. The molecule has 0 fully saturated rings. The van der Waals surface area contributed by atoms with E-state index in [0.717, 1.165) is 12.0 Å². The third-order valence-corrected chi connectivity index (χ3v) is 2.61. The molecule has 0 saturated heterocycles. The maximum absolute atomic E-state index is 11.7. The van der Waals surface area contributed by atoms with Crippen LogP contribution in [0.4, 0.5) is 5.82 Å². The molecule has 1 aromatic rings. The van der Waals surface area contributed by atoms with Crippen molar-refractivity contribution in [3.63, 3.8) is 0 Å². The molecular formula is C11H20N4O. The van der Waals surface area contributed by atoms with Crippen LogP contribution in [0.5, 0.6) is 0 Å². The molecule has 1 rings (SSSR count). The number of nitrogens with one attached hydrogen (secondary N) is 1.